The maximum Gasteiger partial charge on any atom is 0.408 e. The van der Waals surface area contributed by atoms with Crippen LogP contribution in [0.5, 0.6) is 0 Å². The lowest BCUT2D eigenvalue weighted by Gasteiger charge is -2.36. The Hall–Kier alpha value is -4.24. The van der Waals surface area contributed by atoms with Crippen LogP contribution in [0.2, 0.25) is 0 Å². The van der Waals surface area contributed by atoms with Gasteiger partial charge < -0.3 is 29.4 Å². The number of carbonyl (C=O) groups excluding carboxylic acids is 4. The van der Waals surface area contributed by atoms with Crippen molar-refractivity contribution in [1.29, 1.82) is 0 Å². The highest BCUT2D eigenvalue weighted by Gasteiger charge is 2.63. The fraction of sp³-hybridized carbons (Fsp3) is 0.605. The maximum atomic E-state index is 14.8. The second-order valence-electron chi connectivity index (χ2n) is 16.4. The number of hydrogen-bond donors (Lipinski definition) is 3. The van der Waals surface area contributed by atoms with E-state index < -0.39 is 73.1 Å². The van der Waals surface area contributed by atoms with Gasteiger partial charge in [0.05, 0.1) is 17.5 Å². The van der Waals surface area contributed by atoms with Gasteiger partial charge in [-0.1, -0.05) is 39.0 Å². The molecule has 1 aromatic carbocycles. The van der Waals surface area contributed by atoms with Crippen LogP contribution in [0.3, 0.4) is 0 Å². The van der Waals surface area contributed by atoms with Gasteiger partial charge in [0.2, 0.25) is 27.7 Å². The number of alkyl carbamates (subject to hydrolysis) is 1. The molecule has 1 aliphatic heterocycles. The van der Waals surface area contributed by atoms with Crippen LogP contribution < -0.4 is 15.4 Å². The number of amides is 4. The summed E-state index contributed by atoms with van der Waals surface area (Å²) in [6, 6.07) is 3.30. The van der Waals surface area contributed by atoms with E-state index in [2.05, 4.69) is 26.9 Å². The third-order valence-corrected chi connectivity index (χ3v) is 13.7. The van der Waals surface area contributed by atoms with Gasteiger partial charge in [-0.05, 0) is 81.4 Å². The van der Waals surface area contributed by atoms with Crippen LogP contribution in [0, 0.1) is 18.3 Å². The Morgan fingerprint density at radius 3 is 2.38 bits per heavy atom. The van der Waals surface area contributed by atoms with E-state index >= 15 is 0 Å². The predicted octanol–water partition coefficient (Wildman–Crippen LogP) is 4.24. The number of carbonyl (C=O) groups is 4. The average molecular weight is 754 g/mol. The first kappa shape index (κ1) is 38.5. The SMILES string of the molecule is C=CC1C[C@]1(NC(=O)[C@@H]1C[C@@](OC)(c2ccc(-c3ncco3)c(C)c2)CN1C(=O)[C@@H](NC(=O)OC1CCCC1)C(C)(C)C)C(=O)NS(=O)(=O)C1(C)CC1. The Bertz CT molecular complexity index is 1880. The molecule has 5 atom stereocenters. The van der Waals surface area contributed by atoms with Crippen LogP contribution in [0.1, 0.15) is 90.2 Å². The lowest BCUT2D eigenvalue weighted by Crippen LogP contribution is -2.60. The van der Waals surface area contributed by atoms with Crippen molar-refractivity contribution < 1.29 is 41.5 Å². The first-order valence-electron chi connectivity index (χ1n) is 18.2. The van der Waals surface area contributed by atoms with E-state index in [1.54, 1.807) is 13.1 Å². The van der Waals surface area contributed by atoms with E-state index in [1.165, 1.54) is 24.3 Å². The Labute approximate surface area is 310 Å². The number of likely N-dealkylation sites (tertiary alicyclic amines) is 1. The smallest absolute Gasteiger partial charge is 0.408 e. The molecule has 3 N–H and O–H groups in total. The third-order valence-electron chi connectivity index (χ3n) is 11.5. The lowest BCUT2D eigenvalue weighted by atomic mass is 9.85. The van der Waals surface area contributed by atoms with Gasteiger partial charge in [0.15, 0.2) is 0 Å². The van der Waals surface area contributed by atoms with Crippen molar-refractivity contribution in [1.82, 2.24) is 25.2 Å². The molecule has 15 heteroatoms. The average Bonchev–Trinajstić information content (AvgIpc) is 3.69. The molecular formula is C38H51N5O9S. The minimum atomic E-state index is -4.00. The van der Waals surface area contributed by atoms with Crippen molar-refractivity contribution in [2.45, 2.75) is 120 Å². The van der Waals surface area contributed by atoms with E-state index in [1.807, 2.05) is 45.9 Å². The van der Waals surface area contributed by atoms with E-state index in [0.29, 0.717) is 24.3 Å². The number of hydrogen-bond acceptors (Lipinski definition) is 10. The second-order valence-corrected chi connectivity index (χ2v) is 18.6. The largest absolute Gasteiger partial charge is 0.446 e. The van der Waals surface area contributed by atoms with Gasteiger partial charge in [0, 0.05) is 25.0 Å². The van der Waals surface area contributed by atoms with Crippen LogP contribution in [0.15, 0.2) is 47.7 Å². The summed E-state index contributed by atoms with van der Waals surface area (Å²) in [6.07, 6.45) is 8.00. The first-order chi connectivity index (χ1) is 24.9. The number of aromatic nitrogens is 1. The second kappa shape index (κ2) is 13.9. The minimum absolute atomic E-state index is 0.00489. The van der Waals surface area contributed by atoms with Crippen LogP contribution in [-0.2, 0) is 39.5 Å². The number of benzene rings is 1. The summed E-state index contributed by atoms with van der Waals surface area (Å²) >= 11 is 0. The fourth-order valence-corrected chi connectivity index (χ4v) is 8.91. The Balaban J connectivity index is 1.33. The molecule has 4 amide bonds. The molecular weight excluding hydrogens is 703 g/mol. The molecule has 288 valence electrons. The van der Waals surface area contributed by atoms with Crippen molar-refractivity contribution in [2.24, 2.45) is 11.3 Å². The topological polar surface area (TPSA) is 186 Å². The summed E-state index contributed by atoms with van der Waals surface area (Å²) in [5.74, 6) is -2.15. The molecule has 53 heavy (non-hydrogen) atoms. The van der Waals surface area contributed by atoms with Crippen molar-refractivity contribution in [3.05, 3.63) is 54.4 Å². The van der Waals surface area contributed by atoms with E-state index in [-0.39, 0.29) is 25.5 Å². The van der Waals surface area contributed by atoms with E-state index in [9.17, 15) is 27.6 Å². The molecule has 3 aliphatic carbocycles. The zero-order chi connectivity index (χ0) is 38.6. The molecule has 2 aromatic rings. The van der Waals surface area contributed by atoms with Gasteiger partial charge in [0.1, 0.15) is 35.6 Å². The summed E-state index contributed by atoms with van der Waals surface area (Å²) in [5, 5.41) is 5.63. The highest BCUT2D eigenvalue weighted by atomic mass is 32.2. The quantitative estimate of drug-likeness (QED) is 0.265. The number of ether oxygens (including phenoxy) is 2. The monoisotopic (exact) mass is 753 g/mol. The Morgan fingerprint density at radius 1 is 1.13 bits per heavy atom. The lowest BCUT2D eigenvalue weighted by molar-refractivity contribution is -0.143. The number of methoxy groups -OCH3 is 1. The van der Waals surface area contributed by atoms with Crippen molar-refractivity contribution in [3.63, 3.8) is 0 Å². The summed E-state index contributed by atoms with van der Waals surface area (Å²) in [5.41, 5.74) is -1.30. The normalized spacial score (nSPS) is 27.1. The van der Waals surface area contributed by atoms with Crippen molar-refractivity contribution in [3.8, 4) is 11.5 Å². The molecule has 1 aromatic heterocycles. The van der Waals surface area contributed by atoms with Gasteiger partial charge in [-0.25, -0.2) is 18.2 Å². The van der Waals surface area contributed by atoms with Crippen LogP contribution in [-0.4, -0.2) is 84.2 Å². The number of sulfonamides is 1. The van der Waals surface area contributed by atoms with E-state index in [4.69, 9.17) is 13.9 Å². The number of nitrogens with one attached hydrogen (secondary N) is 3. The third kappa shape index (κ3) is 7.34. The van der Waals surface area contributed by atoms with Gasteiger partial charge in [-0.2, -0.15) is 0 Å². The molecule has 4 aliphatic rings. The minimum Gasteiger partial charge on any atom is -0.446 e. The number of aryl methyl sites for hydroxylation is 1. The maximum absolute atomic E-state index is 14.8. The van der Waals surface area contributed by atoms with Gasteiger partial charge in [-0.15, -0.1) is 6.58 Å². The molecule has 4 fully saturated rings. The summed E-state index contributed by atoms with van der Waals surface area (Å²) < 4.78 is 44.7. The van der Waals surface area contributed by atoms with Crippen LogP contribution in [0.25, 0.3) is 11.5 Å². The first-order valence-corrected chi connectivity index (χ1v) is 19.7. The number of rotatable bonds is 12. The predicted molar refractivity (Wildman–Crippen MR) is 194 cm³/mol. The van der Waals surface area contributed by atoms with Crippen LogP contribution >= 0.6 is 0 Å². The molecule has 14 nitrogen and oxygen atoms in total. The summed E-state index contributed by atoms with van der Waals surface area (Å²) in [4.78, 5) is 61.8. The zero-order valence-electron chi connectivity index (χ0n) is 31.3. The zero-order valence-corrected chi connectivity index (χ0v) is 32.1. The molecule has 0 bridgehead atoms. The number of oxazole rings is 1. The molecule has 1 saturated heterocycles. The van der Waals surface area contributed by atoms with Gasteiger partial charge in [0.25, 0.3) is 5.91 Å². The fourth-order valence-electron chi connectivity index (χ4n) is 7.60. The molecule has 1 unspecified atom stereocenters. The molecule has 0 spiro atoms. The van der Waals surface area contributed by atoms with Gasteiger partial charge in [-0.3, -0.25) is 19.1 Å². The molecule has 6 rings (SSSR count). The van der Waals surface area contributed by atoms with Crippen molar-refractivity contribution in [2.75, 3.05) is 13.7 Å². The van der Waals surface area contributed by atoms with E-state index in [0.717, 1.165) is 36.8 Å². The summed E-state index contributed by atoms with van der Waals surface area (Å²) in [7, 11) is -2.50. The Kier molecular flexibility index (Phi) is 10.1. The standard InChI is InChI=1S/C38H51N5O9S/c1-8-24-20-38(24,33(46)42-53(48,49)36(6)15-16-36)41-30(44)28-21-37(50-7,25-13-14-27(23(2)19-25)31-39-17-18-51-31)22-43(28)32(45)29(35(3,4)5)40-34(47)52-26-11-9-10-12-26/h8,13-14,17-19,24,26,28-29H,1,9-12,15-16,20-22H2,2-7H3,(H,40,47)(H,41,44)(H,42,46)/t24?,28-,29+,37-,38+/m0/s1. The number of nitrogens with zero attached hydrogens (tertiary/aromatic N) is 2. The Morgan fingerprint density at radius 2 is 1.83 bits per heavy atom. The van der Waals surface area contributed by atoms with Crippen molar-refractivity contribution >= 4 is 33.8 Å². The molecule has 2 heterocycles. The highest BCUT2D eigenvalue weighted by Crippen LogP contribution is 2.48. The highest BCUT2D eigenvalue weighted by molar-refractivity contribution is 7.91. The molecule has 0 radical (unpaired) electrons. The van der Waals surface area contributed by atoms with Crippen LogP contribution in [0.4, 0.5) is 4.79 Å². The summed E-state index contributed by atoms with van der Waals surface area (Å²) in [6.45, 7) is 12.6. The van der Waals surface area contributed by atoms with Gasteiger partial charge >= 0.3 is 6.09 Å². The molecule has 3 saturated carbocycles.